The molecule has 0 aliphatic carbocycles. The molecule has 0 unspecified atom stereocenters. The van der Waals surface area contributed by atoms with Crippen molar-refractivity contribution in [3.8, 4) is 0 Å². The van der Waals surface area contributed by atoms with Gasteiger partial charge in [0, 0.05) is 6.20 Å². The topological polar surface area (TPSA) is 55.1 Å². The van der Waals surface area contributed by atoms with E-state index >= 15 is 0 Å². The molecule has 0 saturated heterocycles. The van der Waals surface area contributed by atoms with Crippen molar-refractivity contribution in [2.75, 3.05) is 0 Å². The molecule has 64 valence electrons. The third-order valence-corrected chi connectivity index (χ3v) is 1.43. The average Bonchev–Trinajstić information content (AvgIpc) is 2.35. The number of rotatable bonds is 3. The molecule has 0 atom stereocenters. The van der Waals surface area contributed by atoms with E-state index in [1.807, 2.05) is 13.0 Å². The molecule has 4 heteroatoms. The molecule has 0 radical (unpaired) electrons. The fourth-order valence-electron chi connectivity index (χ4n) is 0.814. The van der Waals surface area contributed by atoms with E-state index in [0.29, 0.717) is 0 Å². The lowest BCUT2D eigenvalue weighted by atomic mass is 10.3. The molecular weight excluding hydrogens is 156 g/mol. The van der Waals surface area contributed by atoms with Crippen LogP contribution < -0.4 is 0 Å². The van der Waals surface area contributed by atoms with E-state index in [1.54, 1.807) is 10.9 Å². The number of nitrogens with zero attached hydrogens (tertiary/aromatic N) is 2. The number of hydrogen-bond acceptors (Lipinski definition) is 2. The third-order valence-electron chi connectivity index (χ3n) is 1.43. The summed E-state index contributed by atoms with van der Waals surface area (Å²) in [7, 11) is 0. The van der Waals surface area contributed by atoms with E-state index in [0.717, 1.165) is 5.69 Å². The minimum absolute atomic E-state index is 0.137. The molecule has 1 aromatic heterocycles. The smallest absolute Gasteiger partial charge is 0.332 e. The van der Waals surface area contributed by atoms with Crippen LogP contribution in [-0.4, -0.2) is 20.9 Å². The van der Waals surface area contributed by atoms with Crippen molar-refractivity contribution in [1.29, 1.82) is 0 Å². The lowest BCUT2D eigenvalue weighted by molar-refractivity contribution is -0.132. The highest BCUT2D eigenvalue weighted by molar-refractivity contribution is 5.85. The van der Waals surface area contributed by atoms with Crippen LogP contribution >= 0.6 is 0 Å². The highest BCUT2D eigenvalue weighted by atomic mass is 16.4. The van der Waals surface area contributed by atoms with Crippen molar-refractivity contribution in [2.24, 2.45) is 0 Å². The van der Waals surface area contributed by atoms with Gasteiger partial charge in [-0.15, -0.1) is 0 Å². The third kappa shape index (κ3) is 1.95. The molecule has 1 heterocycles. The van der Waals surface area contributed by atoms with Gasteiger partial charge in [-0.3, -0.25) is 4.68 Å². The van der Waals surface area contributed by atoms with Crippen molar-refractivity contribution in [3.05, 3.63) is 30.1 Å². The molecule has 0 fully saturated rings. The Hall–Kier alpha value is -1.58. The Morgan fingerprint density at radius 2 is 2.50 bits per heavy atom. The van der Waals surface area contributed by atoms with E-state index in [1.165, 1.54) is 0 Å². The summed E-state index contributed by atoms with van der Waals surface area (Å²) in [5, 5.41) is 12.5. The number of carboxylic acids is 1. The van der Waals surface area contributed by atoms with Gasteiger partial charge in [0.2, 0.25) is 0 Å². The van der Waals surface area contributed by atoms with Gasteiger partial charge in [0.05, 0.1) is 17.8 Å². The second-order valence-corrected chi connectivity index (χ2v) is 2.56. The number of carbonyl (C=O) groups is 1. The molecule has 12 heavy (non-hydrogen) atoms. The first-order valence-corrected chi connectivity index (χ1v) is 3.50. The lowest BCUT2D eigenvalue weighted by Gasteiger charge is -1.99. The molecule has 4 nitrogen and oxygen atoms in total. The maximum Gasteiger partial charge on any atom is 0.332 e. The summed E-state index contributed by atoms with van der Waals surface area (Å²) in [6.07, 6.45) is 1.73. The minimum atomic E-state index is -0.983. The summed E-state index contributed by atoms with van der Waals surface area (Å²) in [4.78, 5) is 10.4. The lowest BCUT2D eigenvalue weighted by Crippen LogP contribution is -2.08. The first-order chi connectivity index (χ1) is 5.59. The molecule has 1 aromatic rings. The van der Waals surface area contributed by atoms with Crippen LogP contribution in [0.1, 0.15) is 5.69 Å². The van der Waals surface area contributed by atoms with Gasteiger partial charge in [-0.25, -0.2) is 4.79 Å². The Balaban J connectivity index is 2.64. The summed E-state index contributed by atoms with van der Waals surface area (Å²) >= 11 is 0. The van der Waals surface area contributed by atoms with E-state index < -0.39 is 5.97 Å². The number of aliphatic carboxylic acids is 1. The average molecular weight is 166 g/mol. The molecular formula is C8H10N2O2. The molecule has 0 aliphatic rings. The van der Waals surface area contributed by atoms with E-state index in [4.69, 9.17) is 5.11 Å². The highest BCUT2D eigenvalue weighted by Crippen LogP contribution is 1.98. The van der Waals surface area contributed by atoms with Crippen molar-refractivity contribution in [3.63, 3.8) is 0 Å². The molecule has 0 aliphatic heterocycles. The van der Waals surface area contributed by atoms with Gasteiger partial charge in [0.15, 0.2) is 0 Å². The fraction of sp³-hybridized carbons (Fsp3) is 0.250. The van der Waals surface area contributed by atoms with Crippen LogP contribution in [0.4, 0.5) is 0 Å². The number of hydrogen-bond donors (Lipinski definition) is 1. The Bertz CT molecular complexity index is 315. The molecule has 1 rings (SSSR count). The molecule has 0 bridgehead atoms. The first kappa shape index (κ1) is 8.52. The Kier molecular flexibility index (Phi) is 2.28. The monoisotopic (exact) mass is 166 g/mol. The van der Waals surface area contributed by atoms with Gasteiger partial charge in [0.25, 0.3) is 0 Å². The van der Waals surface area contributed by atoms with E-state index in [2.05, 4.69) is 11.7 Å². The van der Waals surface area contributed by atoms with Crippen LogP contribution in [0.3, 0.4) is 0 Å². The van der Waals surface area contributed by atoms with Crippen LogP contribution in [0.5, 0.6) is 0 Å². The van der Waals surface area contributed by atoms with Crippen molar-refractivity contribution in [1.82, 2.24) is 9.78 Å². The van der Waals surface area contributed by atoms with Gasteiger partial charge in [-0.1, -0.05) is 6.58 Å². The van der Waals surface area contributed by atoms with Crippen LogP contribution in [0.2, 0.25) is 0 Å². The molecule has 0 aromatic carbocycles. The molecule has 1 N–H and O–H groups in total. The predicted molar refractivity (Wildman–Crippen MR) is 43.7 cm³/mol. The second kappa shape index (κ2) is 3.21. The zero-order valence-electron chi connectivity index (χ0n) is 6.82. The van der Waals surface area contributed by atoms with Crippen LogP contribution in [0.15, 0.2) is 24.4 Å². The summed E-state index contributed by atoms with van der Waals surface area (Å²) < 4.78 is 1.55. The molecule has 0 spiro atoms. The fourth-order valence-corrected chi connectivity index (χ4v) is 0.814. The zero-order chi connectivity index (χ0) is 9.14. The van der Waals surface area contributed by atoms with Gasteiger partial charge in [-0.05, 0) is 13.0 Å². The van der Waals surface area contributed by atoms with E-state index in [-0.39, 0.29) is 12.1 Å². The predicted octanol–water partition coefficient (Wildman–Crippen LogP) is 0.832. The highest BCUT2D eigenvalue weighted by Gasteiger charge is 2.04. The summed E-state index contributed by atoms with van der Waals surface area (Å²) in [5.41, 5.74) is 1.01. The number of aryl methyl sites for hydroxylation is 1. The standard InChI is InChI=1S/C8H10N2O2/c1-6(8(11)12)5-10-4-3-7(2)9-10/h3-4H,1,5H2,2H3,(H,11,12). The maximum atomic E-state index is 10.4. The summed E-state index contributed by atoms with van der Waals surface area (Å²) in [6, 6.07) is 1.81. The number of aromatic nitrogens is 2. The normalized spacial score (nSPS) is 9.75. The van der Waals surface area contributed by atoms with Crippen LogP contribution in [0.25, 0.3) is 0 Å². The van der Waals surface area contributed by atoms with Crippen molar-refractivity contribution >= 4 is 5.97 Å². The Morgan fingerprint density at radius 3 is 2.92 bits per heavy atom. The summed E-state index contributed by atoms with van der Waals surface area (Å²) in [5.74, 6) is -0.983. The van der Waals surface area contributed by atoms with Gasteiger partial charge in [0.1, 0.15) is 0 Å². The van der Waals surface area contributed by atoms with Gasteiger partial charge in [-0.2, -0.15) is 5.10 Å². The maximum absolute atomic E-state index is 10.4. The Labute approximate surface area is 70.1 Å². The van der Waals surface area contributed by atoms with Gasteiger partial charge >= 0.3 is 5.97 Å². The SMILES string of the molecule is C=C(Cn1ccc(C)n1)C(=O)O. The second-order valence-electron chi connectivity index (χ2n) is 2.56. The quantitative estimate of drug-likeness (QED) is 0.677. The van der Waals surface area contributed by atoms with Crippen molar-refractivity contribution < 1.29 is 9.90 Å². The Morgan fingerprint density at radius 1 is 1.83 bits per heavy atom. The largest absolute Gasteiger partial charge is 0.478 e. The van der Waals surface area contributed by atoms with Crippen molar-refractivity contribution in [2.45, 2.75) is 13.5 Å². The van der Waals surface area contributed by atoms with Crippen LogP contribution in [0, 0.1) is 6.92 Å². The first-order valence-electron chi connectivity index (χ1n) is 3.50. The summed E-state index contributed by atoms with van der Waals surface area (Å²) in [6.45, 7) is 5.48. The van der Waals surface area contributed by atoms with Gasteiger partial charge < -0.3 is 5.11 Å². The molecule has 0 saturated carbocycles. The molecule has 0 amide bonds. The zero-order valence-corrected chi connectivity index (χ0v) is 6.82. The van der Waals surface area contributed by atoms with Crippen LogP contribution in [-0.2, 0) is 11.3 Å². The number of carboxylic acid groups (broad SMARTS) is 1. The van der Waals surface area contributed by atoms with E-state index in [9.17, 15) is 4.79 Å². The minimum Gasteiger partial charge on any atom is -0.478 e.